The van der Waals surface area contributed by atoms with Gasteiger partial charge in [-0.1, -0.05) is 79.7 Å². The highest BCUT2D eigenvalue weighted by atomic mass is 32.1. The van der Waals surface area contributed by atoms with E-state index in [4.69, 9.17) is 0 Å². The highest BCUT2D eigenvalue weighted by molar-refractivity contribution is 7.09. The molecule has 15 heteroatoms. The van der Waals surface area contributed by atoms with Crippen molar-refractivity contribution in [3.63, 3.8) is 0 Å². The molecule has 0 saturated heterocycles. The van der Waals surface area contributed by atoms with Crippen LogP contribution in [0.4, 0.5) is 5.69 Å². The summed E-state index contributed by atoms with van der Waals surface area (Å²) >= 11 is 1.40. The molecular formula is C40H43N5O9S. The normalized spacial score (nSPS) is 12.9. The fraction of sp³-hybridized carbons (Fsp3) is 0.275. The molecule has 1 heterocycles. The van der Waals surface area contributed by atoms with E-state index in [1.54, 1.807) is 43.3 Å². The largest absolute Gasteiger partial charge is 0.481 e. The Morgan fingerprint density at radius 3 is 1.75 bits per heavy atom. The Hall–Kier alpha value is -6.35. The molecule has 0 fully saturated rings. The van der Waals surface area contributed by atoms with Crippen LogP contribution in [-0.2, 0) is 52.8 Å². The van der Waals surface area contributed by atoms with Gasteiger partial charge in [0.15, 0.2) is 0 Å². The highest BCUT2D eigenvalue weighted by Gasteiger charge is 2.32. The monoisotopic (exact) mass is 769 g/mol. The molecule has 1 aromatic heterocycles. The van der Waals surface area contributed by atoms with Crippen LogP contribution in [0.3, 0.4) is 0 Å². The van der Waals surface area contributed by atoms with E-state index in [9.17, 15) is 43.8 Å². The van der Waals surface area contributed by atoms with E-state index in [1.165, 1.54) is 11.3 Å². The Bertz CT molecular complexity index is 1920. The molecule has 4 rings (SSSR count). The van der Waals surface area contributed by atoms with Gasteiger partial charge in [0.2, 0.25) is 30.0 Å². The van der Waals surface area contributed by atoms with Gasteiger partial charge in [-0.2, -0.15) is 0 Å². The summed E-state index contributed by atoms with van der Waals surface area (Å²) < 4.78 is 0. The molecule has 3 aromatic carbocycles. The van der Waals surface area contributed by atoms with E-state index in [0.29, 0.717) is 23.2 Å². The average molecular weight is 770 g/mol. The summed E-state index contributed by atoms with van der Waals surface area (Å²) in [5.74, 6) is -5.42. The van der Waals surface area contributed by atoms with Crippen LogP contribution in [0, 0.1) is 0 Å². The van der Waals surface area contributed by atoms with Crippen molar-refractivity contribution in [2.24, 2.45) is 0 Å². The summed E-state index contributed by atoms with van der Waals surface area (Å²) in [6.07, 6.45) is -0.351. The zero-order chi connectivity index (χ0) is 39.7. The smallest absolute Gasteiger partial charge is 0.326 e. The van der Waals surface area contributed by atoms with Crippen molar-refractivity contribution in [2.45, 2.75) is 69.6 Å². The van der Waals surface area contributed by atoms with Crippen LogP contribution < -0.4 is 26.6 Å². The molecule has 0 radical (unpaired) electrons. The van der Waals surface area contributed by atoms with Crippen molar-refractivity contribution in [1.29, 1.82) is 0 Å². The fourth-order valence-corrected chi connectivity index (χ4v) is 6.39. The number of amides is 5. The lowest BCUT2D eigenvalue weighted by Gasteiger charge is -2.26. The number of carboxylic acids is 2. The number of rotatable bonds is 21. The minimum atomic E-state index is -1.49. The van der Waals surface area contributed by atoms with Crippen molar-refractivity contribution in [2.75, 3.05) is 5.32 Å². The zero-order valence-electron chi connectivity index (χ0n) is 30.0. The molecule has 0 saturated carbocycles. The Kier molecular flexibility index (Phi) is 15.6. The lowest BCUT2D eigenvalue weighted by molar-refractivity contribution is -0.143. The van der Waals surface area contributed by atoms with Gasteiger partial charge in [0.25, 0.3) is 0 Å². The molecule has 0 aliphatic rings. The molecule has 0 aliphatic carbocycles. The third kappa shape index (κ3) is 13.2. The van der Waals surface area contributed by atoms with E-state index in [-0.39, 0.29) is 38.0 Å². The summed E-state index contributed by atoms with van der Waals surface area (Å²) in [5, 5.41) is 34.1. The molecule has 0 unspecified atom stereocenters. The van der Waals surface area contributed by atoms with E-state index in [0.717, 1.165) is 16.0 Å². The van der Waals surface area contributed by atoms with Gasteiger partial charge >= 0.3 is 11.9 Å². The van der Waals surface area contributed by atoms with Crippen molar-refractivity contribution in [3.05, 3.63) is 112 Å². The first-order chi connectivity index (χ1) is 26.4. The predicted octanol–water partition coefficient (Wildman–Crippen LogP) is 3.31. The maximum atomic E-state index is 14.1. The minimum Gasteiger partial charge on any atom is -0.481 e. The number of carbonyl (C=O) groups is 7. The molecule has 7 N–H and O–H groups in total. The van der Waals surface area contributed by atoms with E-state index < -0.39 is 60.2 Å². The van der Waals surface area contributed by atoms with Crippen LogP contribution in [0.5, 0.6) is 0 Å². The van der Waals surface area contributed by atoms with Gasteiger partial charge in [-0.25, -0.2) is 4.79 Å². The van der Waals surface area contributed by atoms with Crippen molar-refractivity contribution >= 4 is 59.0 Å². The Morgan fingerprint density at radius 2 is 1.18 bits per heavy atom. The van der Waals surface area contributed by atoms with E-state index >= 15 is 0 Å². The fourth-order valence-electron chi connectivity index (χ4n) is 5.64. The first-order valence-corrected chi connectivity index (χ1v) is 18.4. The molecule has 4 atom stereocenters. The molecule has 288 valence electrons. The Balaban J connectivity index is 1.58. The SMILES string of the molecule is CCC(=O)N[C@H](Cc1cccs1)C(=O)N[C@@H](Cc1ccc(-c2ccccc2)cc1)C(=O)N[C@@H](CCC(=O)O)C(=O)N[C@@H](Cc1ccc(NC=O)cc1)C(=O)O. The second-order valence-electron chi connectivity index (χ2n) is 12.6. The highest BCUT2D eigenvalue weighted by Crippen LogP contribution is 2.20. The Labute approximate surface area is 321 Å². The molecule has 5 amide bonds. The summed E-state index contributed by atoms with van der Waals surface area (Å²) in [7, 11) is 0. The van der Waals surface area contributed by atoms with Gasteiger partial charge < -0.3 is 36.8 Å². The number of nitrogens with one attached hydrogen (secondary N) is 5. The molecule has 14 nitrogen and oxygen atoms in total. The third-order valence-electron chi connectivity index (χ3n) is 8.61. The third-order valence-corrected chi connectivity index (χ3v) is 9.50. The van der Waals surface area contributed by atoms with Crippen LogP contribution in [0.25, 0.3) is 11.1 Å². The maximum Gasteiger partial charge on any atom is 0.326 e. The van der Waals surface area contributed by atoms with Crippen LogP contribution in [-0.4, -0.2) is 76.4 Å². The number of aliphatic carboxylic acids is 2. The van der Waals surface area contributed by atoms with Gasteiger partial charge in [-0.15, -0.1) is 11.3 Å². The number of anilines is 1. The zero-order valence-corrected chi connectivity index (χ0v) is 30.8. The van der Waals surface area contributed by atoms with Crippen molar-refractivity contribution < 1.29 is 43.8 Å². The average Bonchev–Trinajstić information content (AvgIpc) is 3.70. The van der Waals surface area contributed by atoms with Gasteiger partial charge in [0.05, 0.1) is 0 Å². The van der Waals surface area contributed by atoms with Crippen LogP contribution in [0.15, 0.2) is 96.4 Å². The van der Waals surface area contributed by atoms with Gasteiger partial charge in [0, 0.05) is 42.7 Å². The van der Waals surface area contributed by atoms with E-state index in [1.807, 2.05) is 60.0 Å². The quantitative estimate of drug-likeness (QED) is 0.0618. The first-order valence-electron chi connectivity index (χ1n) is 17.6. The van der Waals surface area contributed by atoms with Crippen LogP contribution in [0.1, 0.15) is 42.2 Å². The molecule has 4 aromatic rings. The minimum absolute atomic E-state index is 0.0416. The number of carboxylic acid groups (broad SMARTS) is 2. The molecule has 0 spiro atoms. The summed E-state index contributed by atoms with van der Waals surface area (Å²) in [4.78, 5) is 89.2. The first kappa shape index (κ1) is 41.4. The Morgan fingerprint density at radius 1 is 0.636 bits per heavy atom. The standard InChI is InChI=1S/C40H43N5O9S/c1-2-35(47)42-33(23-30-9-6-20-55-30)39(52)44-32(21-25-10-14-28(15-11-25)27-7-4-3-5-8-27)38(51)43-31(18-19-36(48)49)37(50)45-34(40(53)54)22-26-12-16-29(17-13-26)41-24-46/h3-17,20,24,31-34H,2,18-19,21-23H2,1H3,(H,41,46)(H,42,47)(H,43,51)(H,44,52)(H,45,50)(H,48,49)(H,53,54)/t31-,32-,33+,34-/m0/s1. The predicted molar refractivity (Wildman–Crippen MR) is 206 cm³/mol. The number of hydrogen-bond acceptors (Lipinski definition) is 8. The topological polar surface area (TPSA) is 220 Å². The van der Waals surface area contributed by atoms with Crippen molar-refractivity contribution in [1.82, 2.24) is 21.3 Å². The van der Waals surface area contributed by atoms with Crippen molar-refractivity contribution in [3.8, 4) is 11.1 Å². The lowest BCUT2D eigenvalue weighted by Crippen LogP contribution is -2.58. The van der Waals surface area contributed by atoms with Gasteiger partial charge in [-0.3, -0.25) is 28.8 Å². The number of thiophene rings is 1. The lowest BCUT2D eigenvalue weighted by atomic mass is 9.99. The second-order valence-corrected chi connectivity index (χ2v) is 13.7. The number of hydrogen-bond donors (Lipinski definition) is 7. The molecule has 55 heavy (non-hydrogen) atoms. The van der Waals surface area contributed by atoms with Crippen LogP contribution >= 0.6 is 11.3 Å². The molecule has 0 aliphatic heterocycles. The number of carbonyl (C=O) groups excluding carboxylic acids is 5. The van der Waals surface area contributed by atoms with Gasteiger partial charge in [0.1, 0.15) is 24.2 Å². The maximum absolute atomic E-state index is 14.1. The summed E-state index contributed by atoms with van der Waals surface area (Å²) in [5.41, 5.74) is 3.53. The molecular weight excluding hydrogens is 727 g/mol. The summed E-state index contributed by atoms with van der Waals surface area (Å²) in [6, 6.07) is 21.5. The molecule has 0 bridgehead atoms. The van der Waals surface area contributed by atoms with Crippen LogP contribution in [0.2, 0.25) is 0 Å². The number of benzene rings is 3. The summed E-state index contributed by atoms with van der Waals surface area (Å²) in [6.45, 7) is 1.64. The van der Waals surface area contributed by atoms with Gasteiger partial charge in [-0.05, 0) is 52.3 Å². The van der Waals surface area contributed by atoms with E-state index in [2.05, 4.69) is 26.6 Å². The second kappa shape index (κ2) is 20.8.